The van der Waals surface area contributed by atoms with E-state index in [0.29, 0.717) is 12.1 Å². The highest BCUT2D eigenvalue weighted by atomic mass is 32.2. The van der Waals surface area contributed by atoms with Crippen LogP contribution < -0.4 is 14.4 Å². The summed E-state index contributed by atoms with van der Waals surface area (Å²) in [6, 6.07) is 20.3. The first-order valence-corrected chi connectivity index (χ1v) is 12.0. The summed E-state index contributed by atoms with van der Waals surface area (Å²) in [5, 5.41) is 4.72. The standard InChI is InChI=1S/C24H26N2O4S/c1-24(2)15-20(19-12-6-7-14-22(19)30-24)25-23(27)16-26(31(3,28)29)21-13-8-10-17-9-4-5-11-18(17)21/h4-14,20H,15-16H2,1-3H3,(H,25,27)/t20-/m0/s1. The van der Waals surface area contributed by atoms with Crippen molar-refractivity contribution >= 4 is 32.4 Å². The second kappa shape index (κ2) is 7.89. The summed E-state index contributed by atoms with van der Waals surface area (Å²) >= 11 is 0. The van der Waals surface area contributed by atoms with Crippen LogP contribution >= 0.6 is 0 Å². The van der Waals surface area contributed by atoms with Crippen LogP contribution in [-0.2, 0) is 14.8 Å². The number of sulfonamides is 1. The Kier molecular flexibility index (Phi) is 5.39. The number of hydrogen-bond acceptors (Lipinski definition) is 4. The van der Waals surface area contributed by atoms with Crippen molar-refractivity contribution in [1.82, 2.24) is 5.32 Å². The first kappa shape index (κ1) is 21.2. The molecular formula is C24H26N2O4S. The van der Waals surface area contributed by atoms with Gasteiger partial charge in [0.05, 0.1) is 18.0 Å². The van der Waals surface area contributed by atoms with Crippen molar-refractivity contribution in [3.63, 3.8) is 0 Å². The highest BCUT2D eigenvalue weighted by Gasteiger charge is 2.35. The summed E-state index contributed by atoms with van der Waals surface area (Å²) in [7, 11) is -3.68. The number of para-hydroxylation sites is 1. The quantitative estimate of drug-likeness (QED) is 0.653. The molecule has 1 atom stereocenters. The Morgan fingerprint density at radius 2 is 1.74 bits per heavy atom. The van der Waals surface area contributed by atoms with E-state index in [2.05, 4.69) is 5.32 Å². The Bertz CT molecular complexity index is 1230. The van der Waals surface area contributed by atoms with Gasteiger partial charge in [0.25, 0.3) is 0 Å². The van der Waals surface area contributed by atoms with Gasteiger partial charge in [0.15, 0.2) is 0 Å². The minimum absolute atomic E-state index is 0.263. The molecule has 3 aromatic rings. The third-order valence-corrected chi connectivity index (χ3v) is 6.56. The second-order valence-corrected chi connectivity index (χ2v) is 10.4. The molecule has 7 heteroatoms. The topological polar surface area (TPSA) is 75.7 Å². The third kappa shape index (κ3) is 4.51. The average Bonchev–Trinajstić information content (AvgIpc) is 2.70. The maximum Gasteiger partial charge on any atom is 0.241 e. The monoisotopic (exact) mass is 438 g/mol. The highest BCUT2D eigenvalue weighted by Crippen LogP contribution is 2.39. The van der Waals surface area contributed by atoms with Crippen LogP contribution in [0.25, 0.3) is 10.8 Å². The van der Waals surface area contributed by atoms with Crippen LogP contribution in [-0.4, -0.2) is 32.7 Å². The van der Waals surface area contributed by atoms with Gasteiger partial charge >= 0.3 is 0 Å². The van der Waals surface area contributed by atoms with E-state index in [1.807, 2.05) is 68.4 Å². The smallest absolute Gasteiger partial charge is 0.241 e. The summed E-state index contributed by atoms with van der Waals surface area (Å²) in [5.41, 5.74) is 0.938. The summed E-state index contributed by atoms with van der Waals surface area (Å²) in [5.74, 6) is 0.369. The van der Waals surface area contributed by atoms with Crippen molar-refractivity contribution in [2.45, 2.75) is 31.9 Å². The van der Waals surface area contributed by atoms with Crippen molar-refractivity contribution in [3.8, 4) is 5.75 Å². The van der Waals surface area contributed by atoms with E-state index in [9.17, 15) is 13.2 Å². The van der Waals surface area contributed by atoms with Gasteiger partial charge in [-0.15, -0.1) is 0 Å². The zero-order chi connectivity index (χ0) is 22.2. The van der Waals surface area contributed by atoms with Crippen LogP contribution in [0.4, 0.5) is 5.69 Å². The van der Waals surface area contributed by atoms with Crippen LogP contribution in [0.1, 0.15) is 31.9 Å². The number of benzene rings is 3. The fourth-order valence-electron chi connectivity index (χ4n) is 4.11. The first-order valence-electron chi connectivity index (χ1n) is 10.2. The van der Waals surface area contributed by atoms with Gasteiger partial charge in [-0.2, -0.15) is 0 Å². The molecule has 0 spiro atoms. The molecule has 6 nitrogen and oxygen atoms in total. The van der Waals surface area contributed by atoms with Gasteiger partial charge in [0.2, 0.25) is 15.9 Å². The predicted molar refractivity (Wildman–Crippen MR) is 123 cm³/mol. The van der Waals surface area contributed by atoms with Crippen molar-refractivity contribution in [1.29, 1.82) is 0 Å². The second-order valence-electron chi connectivity index (χ2n) is 8.49. The lowest BCUT2D eigenvalue weighted by molar-refractivity contribution is -0.120. The van der Waals surface area contributed by atoms with E-state index in [1.165, 1.54) is 4.31 Å². The van der Waals surface area contributed by atoms with Gasteiger partial charge in [-0.1, -0.05) is 54.6 Å². The lowest BCUT2D eigenvalue weighted by atomic mass is 9.89. The Hall–Kier alpha value is -3.06. The van der Waals surface area contributed by atoms with Gasteiger partial charge in [-0.3, -0.25) is 9.10 Å². The normalized spacial score (nSPS) is 17.5. The maximum atomic E-state index is 13.0. The fourth-order valence-corrected chi connectivity index (χ4v) is 4.98. The first-order chi connectivity index (χ1) is 14.6. The van der Waals surface area contributed by atoms with Crippen LogP contribution in [0.5, 0.6) is 5.75 Å². The number of carbonyl (C=O) groups excluding carboxylic acids is 1. The summed E-state index contributed by atoms with van der Waals surface area (Å²) in [6.45, 7) is 3.65. The number of hydrogen-bond donors (Lipinski definition) is 1. The van der Waals surface area contributed by atoms with Crippen LogP contribution in [0.2, 0.25) is 0 Å². The zero-order valence-electron chi connectivity index (χ0n) is 17.8. The number of rotatable bonds is 5. The van der Waals surface area contributed by atoms with Crippen molar-refractivity contribution in [2.24, 2.45) is 0 Å². The predicted octanol–water partition coefficient (Wildman–Crippen LogP) is 4.02. The Morgan fingerprint density at radius 1 is 1.06 bits per heavy atom. The van der Waals surface area contributed by atoms with E-state index < -0.39 is 15.6 Å². The molecule has 0 aliphatic carbocycles. The molecule has 0 saturated heterocycles. The number of carbonyl (C=O) groups is 1. The lowest BCUT2D eigenvalue weighted by Crippen LogP contribution is -2.45. The third-order valence-electron chi connectivity index (χ3n) is 5.43. The van der Waals surface area contributed by atoms with Gasteiger partial charge < -0.3 is 10.1 Å². The molecule has 0 aromatic heterocycles. The molecule has 1 N–H and O–H groups in total. The number of anilines is 1. The number of nitrogens with one attached hydrogen (secondary N) is 1. The SMILES string of the molecule is CC1(C)C[C@H](NC(=O)CN(c2cccc3ccccc23)S(C)(=O)=O)c2ccccc2O1. The molecule has 0 bridgehead atoms. The van der Waals surface area contributed by atoms with E-state index in [1.54, 1.807) is 12.1 Å². The minimum Gasteiger partial charge on any atom is -0.487 e. The number of fused-ring (bicyclic) bond motifs is 2. The molecular weight excluding hydrogens is 412 g/mol. The van der Waals surface area contributed by atoms with E-state index in [-0.39, 0.29) is 18.5 Å². The minimum atomic E-state index is -3.68. The zero-order valence-corrected chi connectivity index (χ0v) is 18.6. The van der Waals surface area contributed by atoms with Gasteiger partial charge in [0, 0.05) is 17.4 Å². The Morgan fingerprint density at radius 3 is 2.52 bits per heavy atom. The van der Waals surface area contributed by atoms with Crippen molar-refractivity contribution in [3.05, 3.63) is 72.3 Å². The molecule has 3 aromatic carbocycles. The molecule has 4 rings (SSSR count). The average molecular weight is 439 g/mol. The van der Waals surface area contributed by atoms with Crippen LogP contribution in [0.15, 0.2) is 66.7 Å². The molecule has 0 radical (unpaired) electrons. The van der Waals surface area contributed by atoms with Crippen molar-refractivity contribution in [2.75, 3.05) is 17.1 Å². The maximum absolute atomic E-state index is 13.0. The molecule has 0 unspecified atom stereocenters. The van der Waals surface area contributed by atoms with E-state index in [0.717, 1.165) is 28.3 Å². The molecule has 1 aliphatic rings. The molecule has 162 valence electrons. The fraction of sp³-hybridized carbons (Fsp3) is 0.292. The van der Waals surface area contributed by atoms with E-state index in [4.69, 9.17) is 4.74 Å². The van der Waals surface area contributed by atoms with Crippen LogP contribution in [0, 0.1) is 0 Å². The highest BCUT2D eigenvalue weighted by molar-refractivity contribution is 7.92. The molecule has 0 fully saturated rings. The lowest BCUT2D eigenvalue weighted by Gasteiger charge is -2.38. The molecule has 0 saturated carbocycles. The molecule has 1 aliphatic heterocycles. The van der Waals surface area contributed by atoms with Crippen LogP contribution in [0.3, 0.4) is 0 Å². The van der Waals surface area contributed by atoms with Gasteiger partial charge in [-0.25, -0.2) is 8.42 Å². The number of amides is 1. The van der Waals surface area contributed by atoms with Gasteiger partial charge in [0.1, 0.15) is 17.9 Å². The van der Waals surface area contributed by atoms with Crippen molar-refractivity contribution < 1.29 is 17.9 Å². The van der Waals surface area contributed by atoms with Gasteiger partial charge in [-0.05, 0) is 31.4 Å². The summed E-state index contributed by atoms with van der Waals surface area (Å²) < 4.78 is 32.5. The summed E-state index contributed by atoms with van der Waals surface area (Å²) in [4.78, 5) is 13.0. The largest absolute Gasteiger partial charge is 0.487 e. The Balaban J connectivity index is 1.63. The number of nitrogens with zero attached hydrogens (tertiary/aromatic N) is 1. The molecule has 1 amide bonds. The number of ether oxygens (including phenoxy) is 1. The molecule has 1 heterocycles. The summed E-state index contributed by atoms with van der Waals surface area (Å²) in [6.07, 6.45) is 1.71. The Labute approximate surface area is 182 Å². The van der Waals surface area contributed by atoms with E-state index >= 15 is 0 Å². The molecule has 31 heavy (non-hydrogen) atoms.